The number of carbonyl (C=O) groups is 1. The number of esters is 1. The van der Waals surface area contributed by atoms with E-state index >= 15 is 0 Å². The predicted octanol–water partition coefficient (Wildman–Crippen LogP) is -0.139. The largest absolute Gasteiger partial charge is 0.467 e. The van der Waals surface area contributed by atoms with Gasteiger partial charge in [0.1, 0.15) is 0 Å². The monoisotopic (exact) mass is 249 g/mol. The fraction of sp³-hybridized carbons (Fsp3) is 0.778. The van der Waals surface area contributed by atoms with Gasteiger partial charge < -0.3 is 15.4 Å². The first-order valence-electron chi connectivity index (χ1n) is 4.99. The maximum atomic E-state index is 13.1. The van der Waals surface area contributed by atoms with Gasteiger partial charge in [-0.3, -0.25) is 0 Å². The van der Waals surface area contributed by atoms with Crippen LogP contribution in [0, 0.1) is 0 Å². The van der Waals surface area contributed by atoms with Crippen LogP contribution in [0.3, 0.4) is 0 Å². The highest BCUT2D eigenvalue weighted by Crippen LogP contribution is 2.08. The summed E-state index contributed by atoms with van der Waals surface area (Å²) in [5.74, 6) is 1.37. The molecule has 1 fully saturated rings. The molecule has 0 aliphatic carbocycles. The molecule has 0 aromatic carbocycles. The number of nitrogens with two attached hydrogens (primary N) is 1. The van der Waals surface area contributed by atoms with Crippen molar-refractivity contribution in [3.05, 3.63) is 0 Å². The smallest absolute Gasteiger partial charge is 0.342 e. The highest BCUT2D eigenvalue weighted by molar-refractivity contribution is 7.99. The molecule has 1 atom stereocenters. The van der Waals surface area contributed by atoms with E-state index in [0.717, 1.165) is 31.7 Å². The van der Waals surface area contributed by atoms with Crippen LogP contribution in [0.15, 0.2) is 4.99 Å². The van der Waals surface area contributed by atoms with Gasteiger partial charge in [-0.15, -0.1) is 0 Å². The summed E-state index contributed by atoms with van der Waals surface area (Å²) in [6, 6.07) is 0. The van der Waals surface area contributed by atoms with Crippen LogP contribution in [-0.2, 0) is 9.53 Å². The summed E-state index contributed by atoms with van der Waals surface area (Å²) in [5.41, 5.74) is 5.69. The van der Waals surface area contributed by atoms with E-state index in [2.05, 4.69) is 9.73 Å². The van der Waals surface area contributed by atoms with Gasteiger partial charge in [0.25, 0.3) is 0 Å². The number of thioether (sulfide) groups is 1. The zero-order chi connectivity index (χ0) is 12.0. The highest BCUT2D eigenvalue weighted by Gasteiger charge is 2.18. The van der Waals surface area contributed by atoms with E-state index in [1.165, 1.54) is 0 Å². The third-order valence-corrected chi connectivity index (χ3v) is 3.15. The van der Waals surface area contributed by atoms with Gasteiger partial charge in [0, 0.05) is 24.6 Å². The van der Waals surface area contributed by atoms with Crippen molar-refractivity contribution >= 4 is 23.7 Å². The molecular weight excluding hydrogens is 233 g/mol. The number of hydrogen-bond acceptors (Lipinski definition) is 4. The molecule has 1 aliphatic rings. The lowest BCUT2D eigenvalue weighted by Gasteiger charge is -2.27. The number of guanidine groups is 1. The first-order valence-corrected chi connectivity index (χ1v) is 6.15. The third-order valence-electron chi connectivity index (χ3n) is 2.21. The van der Waals surface area contributed by atoms with Crippen LogP contribution in [0.4, 0.5) is 4.39 Å². The average molecular weight is 249 g/mol. The Kier molecular flexibility index (Phi) is 5.37. The summed E-state index contributed by atoms with van der Waals surface area (Å²) < 4.78 is 17.3. The number of aliphatic imine (C=N–C) groups is 1. The molecule has 0 radical (unpaired) electrons. The van der Waals surface area contributed by atoms with Gasteiger partial charge in [0.2, 0.25) is 6.17 Å². The van der Waals surface area contributed by atoms with Gasteiger partial charge in [-0.05, 0) is 0 Å². The Bertz CT molecular complexity index is 269. The lowest BCUT2D eigenvalue weighted by atomic mass is 10.4. The molecule has 5 nitrogen and oxygen atoms in total. The maximum Gasteiger partial charge on any atom is 0.342 e. The normalized spacial score (nSPS) is 19.4. The van der Waals surface area contributed by atoms with Crippen LogP contribution in [0.2, 0.25) is 0 Å². The average Bonchev–Trinajstić information content (AvgIpc) is 2.35. The van der Waals surface area contributed by atoms with Gasteiger partial charge in [-0.25, -0.2) is 14.2 Å². The third kappa shape index (κ3) is 3.88. The number of methoxy groups -OCH3 is 1. The molecule has 0 bridgehead atoms. The Hall–Kier alpha value is -0.980. The van der Waals surface area contributed by atoms with E-state index in [-0.39, 0.29) is 6.54 Å². The lowest BCUT2D eigenvalue weighted by Crippen LogP contribution is -2.43. The van der Waals surface area contributed by atoms with Gasteiger partial charge in [0.05, 0.1) is 13.7 Å². The molecular formula is C9H16FN3O2S. The predicted molar refractivity (Wildman–Crippen MR) is 62.3 cm³/mol. The van der Waals surface area contributed by atoms with Crippen LogP contribution in [-0.4, -0.2) is 61.3 Å². The molecule has 1 saturated heterocycles. The number of hydrogen-bond donors (Lipinski definition) is 1. The molecule has 16 heavy (non-hydrogen) atoms. The van der Waals surface area contributed by atoms with Crippen LogP contribution in [0.25, 0.3) is 0 Å². The second kappa shape index (κ2) is 6.57. The summed E-state index contributed by atoms with van der Waals surface area (Å²) in [6.45, 7) is 1.35. The zero-order valence-electron chi connectivity index (χ0n) is 9.19. The quantitative estimate of drug-likeness (QED) is 0.428. The summed E-state index contributed by atoms with van der Waals surface area (Å²) in [5, 5.41) is 0. The Labute approximate surface area is 98.2 Å². The molecule has 0 spiro atoms. The highest BCUT2D eigenvalue weighted by atomic mass is 32.2. The van der Waals surface area contributed by atoms with Crippen molar-refractivity contribution < 1.29 is 13.9 Å². The van der Waals surface area contributed by atoms with Crippen molar-refractivity contribution in [2.24, 2.45) is 10.7 Å². The Balaban J connectivity index is 2.40. The summed E-state index contributed by atoms with van der Waals surface area (Å²) in [7, 11) is 1.14. The molecule has 1 unspecified atom stereocenters. The summed E-state index contributed by atoms with van der Waals surface area (Å²) in [6.07, 6.45) is -1.73. The van der Waals surface area contributed by atoms with E-state index in [4.69, 9.17) is 5.73 Å². The van der Waals surface area contributed by atoms with Crippen LogP contribution in [0.1, 0.15) is 0 Å². The van der Waals surface area contributed by atoms with Crippen molar-refractivity contribution in [1.29, 1.82) is 0 Å². The second-order valence-corrected chi connectivity index (χ2v) is 4.51. The summed E-state index contributed by atoms with van der Waals surface area (Å²) >= 11 is 1.85. The number of ether oxygens (including phenoxy) is 1. The molecule has 0 saturated carbocycles. The molecule has 1 aliphatic heterocycles. The standard InChI is InChI=1S/C9H16FN3O2S/c1-15-8(14)7(10)6-12-9(11)13-2-4-16-5-3-13/h7H,2-6H2,1H3,(H2,11,12). The fourth-order valence-electron chi connectivity index (χ4n) is 1.27. The minimum Gasteiger partial charge on any atom is -0.467 e. The van der Waals surface area contributed by atoms with E-state index in [1.54, 1.807) is 0 Å². The number of rotatable bonds is 3. The number of nitrogens with zero attached hydrogens (tertiary/aromatic N) is 2. The first-order chi connectivity index (χ1) is 7.65. The van der Waals surface area contributed by atoms with Gasteiger partial charge in [-0.2, -0.15) is 11.8 Å². The van der Waals surface area contributed by atoms with Crippen molar-refractivity contribution in [3.8, 4) is 0 Å². The number of halogens is 1. The van der Waals surface area contributed by atoms with Gasteiger partial charge in [-0.1, -0.05) is 0 Å². The SMILES string of the molecule is COC(=O)C(F)CN=C(N)N1CCSCC1. The van der Waals surface area contributed by atoms with E-state index in [1.807, 2.05) is 16.7 Å². The zero-order valence-corrected chi connectivity index (χ0v) is 10.0. The maximum absolute atomic E-state index is 13.1. The van der Waals surface area contributed by atoms with Crippen molar-refractivity contribution in [1.82, 2.24) is 4.90 Å². The second-order valence-electron chi connectivity index (χ2n) is 3.29. The molecule has 0 aromatic rings. The summed E-state index contributed by atoms with van der Waals surface area (Å²) in [4.78, 5) is 16.5. The van der Waals surface area contributed by atoms with Gasteiger partial charge in [0.15, 0.2) is 5.96 Å². The van der Waals surface area contributed by atoms with E-state index in [0.29, 0.717) is 5.96 Å². The van der Waals surface area contributed by atoms with Crippen molar-refractivity contribution in [2.45, 2.75) is 6.17 Å². The molecule has 2 N–H and O–H groups in total. The lowest BCUT2D eigenvalue weighted by molar-refractivity contribution is -0.146. The van der Waals surface area contributed by atoms with Crippen molar-refractivity contribution in [3.63, 3.8) is 0 Å². The molecule has 1 rings (SSSR count). The minimum absolute atomic E-state index is 0.276. The van der Waals surface area contributed by atoms with Crippen LogP contribution >= 0.6 is 11.8 Å². The Morgan fingerprint density at radius 1 is 1.62 bits per heavy atom. The topological polar surface area (TPSA) is 67.9 Å². The first kappa shape index (κ1) is 13.1. The Morgan fingerprint density at radius 2 is 2.25 bits per heavy atom. The molecule has 0 aromatic heterocycles. The molecule has 0 amide bonds. The van der Waals surface area contributed by atoms with Crippen LogP contribution in [0.5, 0.6) is 0 Å². The minimum atomic E-state index is -1.73. The van der Waals surface area contributed by atoms with E-state index < -0.39 is 12.1 Å². The van der Waals surface area contributed by atoms with Crippen molar-refractivity contribution in [2.75, 3.05) is 38.2 Å². The van der Waals surface area contributed by atoms with E-state index in [9.17, 15) is 9.18 Å². The fourth-order valence-corrected chi connectivity index (χ4v) is 2.17. The number of alkyl halides is 1. The van der Waals surface area contributed by atoms with Gasteiger partial charge >= 0.3 is 5.97 Å². The molecule has 1 heterocycles. The molecule has 7 heteroatoms. The number of carbonyl (C=O) groups excluding carboxylic acids is 1. The van der Waals surface area contributed by atoms with Crippen LogP contribution < -0.4 is 5.73 Å². The Morgan fingerprint density at radius 3 is 2.81 bits per heavy atom. The molecule has 92 valence electrons.